The van der Waals surface area contributed by atoms with Gasteiger partial charge in [0.05, 0.1) is 11.2 Å². The highest BCUT2D eigenvalue weighted by atomic mass is 19.1. The van der Waals surface area contributed by atoms with E-state index in [1.54, 1.807) is 0 Å². The number of hydrogen-bond acceptors (Lipinski definition) is 2. The van der Waals surface area contributed by atoms with Gasteiger partial charge in [-0.05, 0) is 30.7 Å². The zero-order valence-electron chi connectivity index (χ0n) is 11.4. The van der Waals surface area contributed by atoms with Crippen molar-refractivity contribution in [3.05, 3.63) is 59.9 Å². The van der Waals surface area contributed by atoms with Gasteiger partial charge >= 0.3 is 0 Å². The van der Waals surface area contributed by atoms with Crippen LogP contribution in [0, 0.1) is 12.7 Å². The normalized spacial score (nSPS) is 10.8. The van der Waals surface area contributed by atoms with Crippen LogP contribution in [-0.4, -0.2) is 12.0 Å². The fourth-order valence-corrected chi connectivity index (χ4v) is 2.42. The number of fused-ring (bicyclic) bond motifs is 1. The molecule has 1 aromatic heterocycles. The number of aromatic nitrogens is 1. The minimum atomic E-state index is -0.235. The van der Waals surface area contributed by atoms with E-state index in [1.165, 1.54) is 12.1 Å². The molecule has 0 amide bonds. The quantitative estimate of drug-likeness (QED) is 0.744. The Bertz CT molecular complexity index is 767. The first-order chi connectivity index (χ1) is 9.69. The summed E-state index contributed by atoms with van der Waals surface area (Å²) in [6.07, 6.45) is 0. The summed E-state index contributed by atoms with van der Waals surface area (Å²) in [6.45, 7) is 1.88. The fraction of sp³-hybridized carbons (Fsp3) is 0.118. The molecule has 2 aromatic carbocycles. The summed E-state index contributed by atoms with van der Waals surface area (Å²) >= 11 is 0. The Morgan fingerprint density at radius 1 is 1.05 bits per heavy atom. The van der Waals surface area contributed by atoms with Gasteiger partial charge in [0.2, 0.25) is 0 Å². The van der Waals surface area contributed by atoms with E-state index in [0.29, 0.717) is 0 Å². The lowest BCUT2D eigenvalue weighted by Crippen LogP contribution is -1.96. The molecule has 0 aliphatic heterocycles. The average molecular weight is 266 g/mol. The fourth-order valence-electron chi connectivity index (χ4n) is 2.42. The zero-order valence-corrected chi connectivity index (χ0v) is 11.4. The molecule has 1 N–H and O–H groups in total. The van der Waals surface area contributed by atoms with Gasteiger partial charge < -0.3 is 5.32 Å². The van der Waals surface area contributed by atoms with Gasteiger partial charge in [0.1, 0.15) is 5.82 Å². The molecule has 3 heteroatoms. The third-order valence-corrected chi connectivity index (χ3v) is 3.41. The van der Waals surface area contributed by atoms with E-state index in [4.69, 9.17) is 0 Å². The monoisotopic (exact) mass is 266 g/mol. The highest BCUT2D eigenvalue weighted by molar-refractivity contribution is 5.95. The van der Waals surface area contributed by atoms with Gasteiger partial charge in [-0.2, -0.15) is 0 Å². The molecule has 0 fully saturated rings. The number of pyridine rings is 1. The SMILES string of the molecule is CNc1cc(-c2ccccc2)nc2c(C)cc(F)cc12. The predicted molar refractivity (Wildman–Crippen MR) is 81.4 cm³/mol. The molecular formula is C17H15FN2. The Hall–Kier alpha value is -2.42. The van der Waals surface area contributed by atoms with Gasteiger partial charge in [-0.15, -0.1) is 0 Å². The van der Waals surface area contributed by atoms with Crippen LogP contribution >= 0.6 is 0 Å². The van der Waals surface area contributed by atoms with E-state index in [1.807, 2.05) is 50.4 Å². The summed E-state index contributed by atoms with van der Waals surface area (Å²) in [5.41, 5.74) is 4.50. The Labute approximate surface area is 117 Å². The zero-order chi connectivity index (χ0) is 14.1. The largest absolute Gasteiger partial charge is 0.388 e. The number of nitrogens with zero attached hydrogens (tertiary/aromatic N) is 1. The molecule has 3 rings (SSSR count). The Kier molecular flexibility index (Phi) is 3.11. The minimum absolute atomic E-state index is 0.235. The van der Waals surface area contributed by atoms with Crippen molar-refractivity contribution < 1.29 is 4.39 Å². The highest BCUT2D eigenvalue weighted by Crippen LogP contribution is 2.30. The van der Waals surface area contributed by atoms with E-state index < -0.39 is 0 Å². The first kappa shape index (κ1) is 12.6. The van der Waals surface area contributed by atoms with Gasteiger partial charge in [0.25, 0.3) is 0 Å². The molecule has 0 saturated heterocycles. The van der Waals surface area contributed by atoms with E-state index in [2.05, 4.69) is 10.3 Å². The molecule has 1 heterocycles. The summed E-state index contributed by atoms with van der Waals surface area (Å²) in [4.78, 5) is 4.69. The molecule has 3 aromatic rings. The number of hydrogen-bond donors (Lipinski definition) is 1. The molecule has 0 spiro atoms. The first-order valence-electron chi connectivity index (χ1n) is 6.53. The maximum atomic E-state index is 13.6. The molecule has 0 unspecified atom stereocenters. The van der Waals surface area contributed by atoms with E-state index >= 15 is 0 Å². The number of rotatable bonds is 2. The average Bonchev–Trinajstić information content (AvgIpc) is 2.47. The molecule has 20 heavy (non-hydrogen) atoms. The maximum Gasteiger partial charge on any atom is 0.124 e. The van der Waals surface area contributed by atoms with Crippen molar-refractivity contribution >= 4 is 16.6 Å². The number of halogens is 1. The van der Waals surface area contributed by atoms with Crippen molar-refractivity contribution in [1.82, 2.24) is 4.98 Å². The van der Waals surface area contributed by atoms with Crippen molar-refractivity contribution in [3.63, 3.8) is 0 Å². The van der Waals surface area contributed by atoms with Crippen molar-refractivity contribution in [3.8, 4) is 11.3 Å². The predicted octanol–water partition coefficient (Wildman–Crippen LogP) is 4.39. The lowest BCUT2D eigenvalue weighted by molar-refractivity contribution is 0.628. The molecule has 2 nitrogen and oxygen atoms in total. The van der Waals surface area contributed by atoms with Gasteiger partial charge in [-0.25, -0.2) is 9.37 Å². The Morgan fingerprint density at radius 2 is 1.80 bits per heavy atom. The number of anilines is 1. The minimum Gasteiger partial charge on any atom is -0.388 e. The van der Waals surface area contributed by atoms with Gasteiger partial charge in [-0.1, -0.05) is 30.3 Å². The third kappa shape index (κ3) is 2.11. The van der Waals surface area contributed by atoms with Crippen molar-refractivity contribution in [1.29, 1.82) is 0 Å². The van der Waals surface area contributed by atoms with Crippen LogP contribution in [-0.2, 0) is 0 Å². The van der Waals surface area contributed by atoms with Gasteiger partial charge in [-0.3, -0.25) is 0 Å². The second-order valence-electron chi connectivity index (χ2n) is 4.79. The van der Waals surface area contributed by atoms with E-state index in [0.717, 1.165) is 33.4 Å². The molecule has 0 atom stereocenters. The van der Waals surface area contributed by atoms with E-state index in [-0.39, 0.29) is 5.82 Å². The molecule has 0 aliphatic rings. The Balaban J connectivity index is 2.32. The summed E-state index contributed by atoms with van der Waals surface area (Å²) in [5, 5.41) is 3.94. The number of nitrogens with one attached hydrogen (secondary N) is 1. The van der Waals surface area contributed by atoms with Crippen LogP contribution < -0.4 is 5.32 Å². The lowest BCUT2D eigenvalue weighted by atomic mass is 10.1. The summed E-state index contributed by atoms with van der Waals surface area (Å²) in [5.74, 6) is -0.235. The first-order valence-corrected chi connectivity index (χ1v) is 6.53. The van der Waals surface area contributed by atoms with Crippen LogP contribution in [0.4, 0.5) is 10.1 Å². The van der Waals surface area contributed by atoms with Crippen LogP contribution in [0.25, 0.3) is 22.2 Å². The highest BCUT2D eigenvalue weighted by Gasteiger charge is 2.10. The summed E-state index contributed by atoms with van der Waals surface area (Å²) < 4.78 is 13.6. The molecule has 0 radical (unpaired) electrons. The second kappa shape index (κ2) is 4.93. The van der Waals surface area contributed by atoms with Crippen LogP contribution in [0.15, 0.2) is 48.5 Å². The second-order valence-corrected chi connectivity index (χ2v) is 4.79. The summed E-state index contributed by atoms with van der Waals surface area (Å²) in [7, 11) is 1.84. The van der Waals surface area contributed by atoms with Crippen LogP contribution in [0.1, 0.15) is 5.56 Å². The number of benzene rings is 2. The van der Waals surface area contributed by atoms with Crippen molar-refractivity contribution in [2.75, 3.05) is 12.4 Å². The third-order valence-electron chi connectivity index (χ3n) is 3.41. The van der Waals surface area contributed by atoms with Crippen LogP contribution in [0.5, 0.6) is 0 Å². The standard InChI is InChI=1S/C17H15FN2/c1-11-8-13(18)9-14-16(19-2)10-15(20-17(11)14)12-6-4-3-5-7-12/h3-10H,1-2H3,(H,19,20). The van der Waals surface area contributed by atoms with Gasteiger partial charge in [0.15, 0.2) is 0 Å². The molecule has 0 aliphatic carbocycles. The number of aryl methyl sites for hydroxylation is 1. The lowest BCUT2D eigenvalue weighted by Gasteiger charge is -2.11. The van der Waals surface area contributed by atoms with E-state index in [9.17, 15) is 4.39 Å². The topological polar surface area (TPSA) is 24.9 Å². The van der Waals surface area contributed by atoms with Crippen molar-refractivity contribution in [2.45, 2.75) is 6.92 Å². The van der Waals surface area contributed by atoms with Crippen molar-refractivity contribution in [2.24, 2.45) is 0 Å². The summed E-state index contributed by atoms with van der Waals surface area (Å²) in [6, 6.07) is 15.0. The maximum absolute atomic E-state index is 13.6. The van der Waals surface area contributed by atoms with Crippen LogP contribution in [0.3, 0.4) is 0 Å². The molecular weight excluding hydrogens is 251 g/mol. The smallest absolute Gasteiger partial charge is 0.124 e. The molecule has 0 saturated carbocycles. The molecule has 100 valence electrons. The van der Waals surface area contributed by atoms with Crippen LogP contribution in [0.2, 0.25) is 0 Å². The van der Waals surface area contributed by atoms with Gasteiger partial charge in [0, 0.05) is 23.7 Å². The molecule has 0 bridgehead atoms. The Morgan fingerprint density at radius 3 is 2.50 bits per heavy atom.